The molecule has 156 valence electrons. The molecule has 0 unspecified atom stereocenters. The molecule has 6 nitrogen and oxygen atoms in total. The SMILES string of the molecule is O=C(CCCOc1ccc(Cl)cc1Cl)NCc1ccc(NC(=O)c2ccco2)cc1. The summed E-state index contributed by atoms with van der Waals surface area (Å²) < 4.78 is 10.6. The zero-order valence-corrected chi connectivity index (χ0v) is 17.5. The number of anilines is 1. The van der Waals surface area contributed by atoms with E-state index in [-0.39, 0.29) is 17.6 Å². The maximum Gasteiger partial charge on any atom is 0.291 e. The molecule has 0 radical (unpaired) electrons. The summed E-state index contributed by atoms with van der Waals surface area (Å²) >= 11 is 11.9. The lowest BCUT2D eigenvalue weighted by Gasteiger charge is -2.09. The van der Waals surface area contributed by atoms with E-state index < -0.39 is 0 Å². The van der Waals surface area contributed by atoms with Gasteiger partial charge < -0.3 is 19.8 Å². The highest BCUT2D eigenvalue weighted by molar-refractivity contribution is 6.35. The summed E-state index contributed by atoms with van der Waals surface area (Å²) in [5.74, 6) is 0.397. The van der Waals surface area contributed by atoms with Crippen molar-refractivity contribution in [1.82, 2.24) is 5.32 Å². The lowest BCUT2D eigenvalue weighted by molar-refractivity contribution is -0.121. The van der Waals surface area contributed by atoms with Gasteiger partial charge in [0.05, 0.1) is 17.9 Å². The Morgan fingerprint density at radius 3 is 2.53 bits per heavy atom. The molecule has 1 aromatic heterocycles. The van der Waals surface area contributed by atoms with Gasteiger partial charge in [-0.15, -0.1) is 0 Å². The summed E-state index contributed by atoms with van der Waals surface area (Å²) in [5.41, 5.74) is 1.56. The van der Waals surface area contributed by atoms with Gasteiger partial charge in [0.1, 0.15) is 5.75 Å². The van der Waals surface area contributed by atoms with Crippen molar-refractivity contribution < 1.29 is 18.7 Å². The number of hydrogen-bond donors (Lipinski definition) is 2. The summed E-state index contributed by atoms with van der Waals surface area (Å²) in [6.07, 6.45) is 2.34. The first-order valence-corrected chi connectivity index (χ1v) is 10.1. The van der Waals surface area contributed by atoms with Gasteiger partial charge in [0.25, 0.3) is 5.91 Å². The van der Waals surface area contributed by atoms with Crippen molar-refractivity contribution in [3.8, 4) is 5.75 Å². The van der Waals surface area contributed by atoms with Gasteiger partial charge in [0.15, 0.2) is 5.76 Å². The molecule has 0 fully saturated rings. The van der Waals surface area contributed by atoms with E-state index >= 15 is 0 Å². The van der Waals surface area contributed by atoms with Gasteiger partial charge in [-0.1, -0.05) is 35.3 Å². The van der Waals surface area contributed by atoms with E-state index in [0.717, 1.165) is 5.56 Å². The van der Waals surface area contributed by atoms with E-state index in [1.54, 1.807) is 42.5 Å². The second-order valence-corrected chi connectivity index (χ2v) is 7.28. The minimum Gasteiger partial charge on any atom is -0.492 e. The van der Waals surface area contributed by atoms with Crippen LogP contribution in [0.25, 0.3) is 0 Å². The number of carbonyl (C=O) groups excluding carboxylic acids is 2. The van der Waals surface area contributed by atoms with Crippen LogP contribution in [0.3, 0.4) is 0 Å². The lowest BCUT2D eigenvalue weighted by atomic mass is 10.2. The third-order valence-corrected chi connectivity index (χ3v) is 4.68. The van der Waals surface area contributed by atoms with Crippen molar-refractivity contribution in [2.24, 2.45) is 0 Å². The minimum absolute atomic E-state index is 0.0731. The zero-order chi connectivity index (χ0) is 21.3. The van der Waals surface area contributed by atoms with Crippen LogP contribution in [0.5, 0.6) is 5.75 Å². The van der Waals surface area contributed by atoms with Crippen molar-refractivity contribution in [2.45, 2.75) is 19.4 Å². The number of amides is 2. The second-order valence-electron chi connectivity index (χ2n) is 6.43. The predicted molar refractivity (Wildman–Crippen MR) is 116 cm³/mol. The van der Waals surface area contributed by atoms with Gasteiger partial charge in [-0.05, 0) is 54.4 Å². The molecule has 1 heterocycles. The van der Waals surface area contributed by atoms with Crippen molar-refractivity contribution in [1.29, 1.82) is 0 Å². The van der Waals surface area contributed by atoms with Crippen molar-refractivity contribution in [3.63, 3.8) is 0 Å². The maximum absolute atomic E-state index is 12.0. The van der Waals surface area contributed by atoms with Gasteiger partial charge in [-0.2, -0.15) is 0 Å². The number of benzene rings is 2. The number of hydrogen-bond acceptors (Lipinski definition) is 4. The molecule has 0 aliphatic carbocycles. The van der Waals surface area contributed by atoms with E-state index in [2.05, 4.69) is 10.6 Å². The second kappa shape index (κ2) is 10.7. The number of nitrogens with one attached hydrogen (secondary N) is 2. The molecular weight excluding hydrogens is 427 g/mol. The molecule has 8 heteroatoms. The van der Waals surface area contributed by atoms with Crippen molar-refractivity contribution in [2.75, 3.05) is 11.9 Å². The highest BCUT2D eigenvalue weighted by Gasteiger charge is 2.09. The van der Waals surface area contributed by atoms with E-state index in [1.165, 1.54) is 6.26 Å². The molecule has 0 aliphatic rings. The van der Waals surface area contributed by atoms with Gasteiger partial charge in [0, 0.05) is 23.7 Å². The minimum atomic E-state index is -0.317. The maximum atomic E-state index is 12.0. The van der Waals surface area contributed by atoms with E-state index in [0.29, 0.717) is 47.5 Å². The van der Waals surface area contributed by atoms with Crippen LogP contribution >= 0.6 is 23.2 Å². The van der Waals surface area contributed by atoms with Crippen LogP contribution in [-0.2, 0) is 11.3 Å². The van der Waals surface area contributed by atoms with Crippen LogP contribution in [0.1, 0.15) is 29.0 Å². The molecule has 0 spiro atoms. The Morgan fingerprint density at radius 1 is 1.03 bits per heavy atom. The third-order valence-electron chi connectivity index (χ3n) is 4.15. The quantitative estimate of drug-likeness (QED) is 0.436. The standard InChI is InChI=1S/C22H20Cl2N2O4/c23-16-7-10-19(18(24)13-16)29-12-2-4-21(27)25-14-15-5-8-17(9-6-15)26-22(28)20-3-1-11-30-20/h1,3,5-11,13H,2,4,12,14H2,(H,25,27)(H,26,28). The normalized spacial score (nSPS) is 10.5. The Kier molecular flexibility index (Phi) is 7.76. The van der Waals surface area contributed by atoms with Crippen LogP contribution < -0.4 is 15.4 Å². The average Bonchev–Trinajstić information content (AvgIpc) is 3.27. The van der Waals surface area contributed by atoms with Crippen LogP contribution in [-0.4, -0.2) is 18.4 Å². The molecule has 0 atom stereocenters. The van der Waals surface area contributed by atoms with E-state index in [1.807, 2.05) is 12.1 Å². The molecule has 2 amide bonds. The highest BCUT2D eigenvalue weighted by atomic mass is 35.5. The third kappa shape index (κ3) is 6.54. The topological polar surface area (TPSA) is 80.6 Å². The fourth-order valence-corrected chi connectivity index (χ4v) is 3.07. The summed E-state index contributed by atoms with van der Waals surface area (Å²) in [6, 6.07) is 15.5. The molecule has 3 aromatic rings. The number of carbonyl (C=O) groups is 2. The first-order chi connectivity index (χ1) is 14.5. The fourth-order valence-electron chi connectivity index (χ4n) is 2.60. The van der Waals surface area contributed by atoms with Gasteiger partial charge in [-0.25, -0.2) is 0 Å². The number of ether oxygens (including phenoxy) is 1. The number of furan rings is 1. The summed E-state index contributed by atoms with van der Waals surface area (Å²) in [4.78, 5) is 23.9. The molecule has 2 aromatic carbocycles. The van der Waals surface area contributed by atoms with Crippen molar-refractivity contribution >= 4 is 40.7 Å². The molecule has 3 rings (SSSR count). The molecule has 0 saturated carbocycles. The van der Waals surface area contributed by atoms with Crippen LogP contribution in [0, 0.1) is 0 Å². The largest absolute Gasteiger partial charge is 0.492 e. The number of halogens is 2. The number of rotatable bonds is 9. The first kappa shape index (κ1) is 21.7. The Balaban J connectivity index is 1.35. The van der Waals surface area contributed by atoms with Gasteiger partial charge >= 0.3 is 0 Å². The Hall–Kier alpha value is -2.96. The Bertz CT molecular complexity index is 989. The van der Waals surface area contributed by atoms with E-state index in [4.69, 9.17) is 32.4 Å². The predicted octanol–water partition coefficient (Wildman–Crippen LogP) is 5.31. The van der Waals surface area contributed by atoms with Gasteiger partial charge in [-0.3, -0.25) is 9.59 Å². The summed E-state index contributed by atoms with van der Waals surface area (Å²) in [6.45, 7) is 0.772. The Labute approximate surface area is 184 Å². The molecular formula is C22H20Cl2N2O4. The van der Waals surface area contributed by atoms with Crippen molar-refractivity contribution in [3.05, 3.63) is 82.2 Å². The summed E-state index contributed by atoms with van der Waals surface area (Å²) in [5, 5.41) is 6.58. The lowest BCUT2D eigenvalue weighted by Crippen LogP contribution is -2.23. The highest BCUT2D eigenvalue weighted by Crippen LogP contribution is 2.27. The van der Waals surface area contributed by atoms with Gasteiger partial charge in [0.2, 0.25) is 5.91 Å². The molecule has 30 heavy (non-hydrogen) atoms. The molecule has 0 aliphatic heterocycles. The van der Waals surface area contributed by atoms with E-state index in [9.17, 15) is 9.59 Å². The fraction of sp³-hybridized carbons (Fsp3) is 0.182. The average molecular weight is 447 g/mol. The van der Waals surface area contributed by atoms with Crippen LogP contribution in [0.4, 0.5) is 5.69 Å². The van der Waals surface area contributed by atoms with Crippen LogP contribution in [0.15, 0.2) is 65.3 Å². The first-order valence-electron chi connectivity index (χ1n) is 9.29. The molecule has 0 saturated heterocycles. The zero-order valence-electron chi connectivity index (χ0n) is 16.0. The molecule has 2 N–H and O–H groups in total. The smallest absolute Gasteiger partial charge is 0.291 e. The van der Waals surface area contributed by atoms with Crippen LogP contribution in [0.2, 0.25) is 10.0 Å². The Morgan fingerprint density at radius 2 is 1.83 bits per heavy atom. The summed E-state index contributed by atoms with van der Waals surface area (Å²) in [7, 11) is 0. The molecule has 0 bridgehead atoms. The monoisotopic (exact) mass is 446 g/mol.